The van der Waals surface area contributed by atoms with Crippen LogP contribution in [0.2, 0.25) is 0 Å². The van der Waals surface area contributed by atoms with Crippen LogP contribution in [0.5, 0.6) is 0 Å². The third kappa shape index (κ3) is 3.65. The Kier molecular flexibility index (Phi) is 4.29. The molecule has 3 heteroatoms. The van der Waals surface area contributed by atoms with E-state index in [-0.39, 0.29) is 0 Å². The maximum absolute atomic E-state index is 4.24. The van der Waals surface area contributed by atoms with Gasteiger partial charge in [-0.25, -0.2) is 4.98 Å². The minimum Gasteiger partial charge on any atom is -0.307 e. The molecule has 1 aromatic carbocycles. The number of hydrogen-bond donors (Lipinski definition) is 1. The molecule has 0 aliphatic heterocycles. The van der Waals surface area contributed by atoms with Crippen molar-refractivity contribution >= 4 is 11.3 Å². The summed E-state index contributed by atoms with van der Waals surface area (Å²) in [5, 5.41) is 5.48. The van der Waals surface area contributed by atoms with Crippen molar-refractivity contribution in [1.29, 1.82) is 0 Å². The Labute approximate surface area is 107 Å². The van der Waals surface area contributed by atoms with E-state index in [4.69, 9.17) is 0 Å². The lowest BCUT2D eigenvalue weighted by molar-refractivity contribution is 0.682. The average molecular weight is 246 g/mol. The van der Waals surface area contributed by atoms with Crippen molar-refractivity contribution in [3.05, 3.63) is 52.0 Å². The van der Waals surface area contributed by atoms with Crippen molar-refractivity contribution in [1.82, 2.24) is 10.3 Å². The van der Waals surface area contributed by atoms with E-state index in [0.29, 0.717) is 5.92 Å². The van der Waals surface area contributed by atoms with Crippen LogP contribution in [0.15, 0.2) is 35.2 Å². The quantitative estimate of drug-likeness (QED) is 0.872. The summed E-state index contributed by atoms with van der Waals surface area (Å²) in [6.07, 6.45) is 0. The van der Waals surface area contributed by atoms with E-state index < -0.39 is 0 Å². The molecular formula is C14H18N2S. The fourth-order valence-electron chi connectivity index (χ4n) is 1.68. The number of nitrogens with zero attached hydrogens (tertiary/aromatic N) is 1. The van der Waals surface area contributed by atoms with Gasteiger partial charge in [0.15, 0.2) is 0 Å². The normalized spacial score (nSPS) is 11.0. The molecule has 0 fully saturated rings. The third-order valence-corrected chi connectivity index (χ3v) is 3.40. The van der Waals surface area contributed by atoms with Gasteiger partial charge in [-0.2, -0.15) is 0 Å². The van der Waals surface area contributed by atoms with Gasteiger partial charge in [0, 0.05) is 18.5 Å². The van der Waals surface area contributed by atoms with Gasteiger partial charge in [0.1, 0.15) is 0 Å². The molecule has 0 spiro atoms. The molecule has 1 heterocycles. The molecule has 2 rings (SSSR count). The first kappa shape index (κ1) is 12.3. The van der Waals surface area contributed by atoms with Gasteiger partial charge in [-0.05, 0) is 17.0 Å². The highest BCUT2D eigenvalue weighted by Gasteiger charge is 1.99. The summed E-state index contributed by atoms with van der Waals surface area (Å²) in [5.41, 5.74) is 5.71. The van der Waals surface area contributed by atoms with Crippen molar-refractivity contribution in [2.24, 2.45) is 0 Å². The van der Waals surface area contributed by atoms with E-state index in [1.165, 1.54) is 11.1 Å². The minimum absolute atomic E-state index is 0.604. The molecule has 0 aliphatic carbocycles. The highest BCUT2D eigenvalue weighted by atomic mass is 32.1. The lowest BCUT2D eigenvalue weighted by atomic mass is 10.0. The molecule has 2 aromatic rings. The first-order chi connectivity index (χ1) is 8.25. The van der Waals surface area contributed by atoms with Crippen molar-refractivity contribution in [2.75, 3.05) is 0 Å². The molecular weight excluding hydrogens is 228 g/mol. The topological polar surface area (TPSA) is 24.9 Å². The van der Waals surface area contributed by atoms with E-state index in [2.05, 4.69) is 53.8 Å². The molecule has 0 saturated heterocycles. The Morgan fingerprint density at radius 2 is 1.94 bits per heavy atom. The number of hydrogen-bond acceptors (Lipinski definition) is 3. The molecule has 0 bridgehead atoms. The maximum atomic E-state index is 4.24. The molecule has 17 heavy (non-hydrogen) atoms. The van der Waals surface area contributed by atoms with Crippen LogP contribution in [0.1, 0.15) is 36.6 Å². The molecule has 0 amide bonds. The lowest BCUT2D eigenvalue weighted by Gasteiger charge is -2.07. The summed E-state index contributed by atoms with van der Waals surface area (Å²) < 4.78 is 0. The van der Waals surface area contributed by atoms with Crippen LogP contribution < -0.4 is 5.32 Å². The fraction of sp³-hybridized carbons (Fsp3) is 0.357. The van der Waals surface area contributed by atoms with Crippen molar-refractivity contribution < 1.29 is 0 Å². The second-order valence-electron chi connectivity index (χ2n) is 4.48. The van der Waals surface area contributed by atoms with Crippen LogP contribution in [-0.2, 0) is 13.1 Å². The Bertz CT molecular complexity index is 432. The Balaban J connectivity index is 1.83. The molecule has 0 saturated carbocycles. The third-order valence-electron chi connectivity index (χ3n) is 2.77. The van der Waals surface area contributed by atoms with Crippen molar-refractivity contribution in [3.63, 3.8) is 0 Å². The first-order valence-corrected chi connectivity index (χ1v) is 6.86. The summed E-state index contributed by atoms with van der Waals surface area (Å²) in [7, 11) is 0. The van der Waals surface area contributed by atoms with Crippen LogP contribution in [0.4, 0.5) is 0 Å². The fourth-order valence-corrected chi connectivity index (χ4v) is 2.24. The van der Waals surface area contributed by atoms with Crippen LogP contribution in [0, 0.1) is 0 Å². The average Bonchev–Trinajstić information content (AvgIpc) is 2.83. The van der Waals surface area contributed by atoms with Gasteiger partial charge in [0.25, 0.3) is 0 Å². The Morgan fingerprint density at radius 3 is 2.53 bits per heavy atom. The summed E-state index contributed by atoms with van der Waals surface area (Å²) >= 11 is 1.64. The van der Waals surface area contributed by atoms with Gasteiger partial charge < -0.3 is 5.32 Å². The SMILES string of the molecule is CC(C)c1ccc(CNCc2cscn2)cc1. The van der Waals surface area contributed by atoms with E-state index in [9.17, 15) is 0 Å². The van der Waals surface area contributed by atoms with Crippen LogP contribution in [0.3, 0.4) is 0 Å². The molecule has 2 nitrogen and oxygen atoms in total. The molecule has 1 N–H and O–H groups in total. The van der Waals surface area contributed by atoms with Gasteiger partial charge in [0.2, 0.25) is 0 Å². The van der Waals surface area contributed by atoms with Crippen LogP contribution >= 0.6 is 11.3 Å². The predicted octanol–water partition coefficient (Wildman–Crippen LogP) is 3.56. The van der Waals surface area contributed by atoms with Crippen molar-refractivity contribution in [3.8, 4) is 0 Å². The van der Waals surface area contributed by atoms with E-state index in [0.717, 1.165) is 18.8 Å². The minimum atomic E-state index is 0.604. The Morgan fingerprint density at radius 1 is 1.18 bits per heavy atom. The lowest BCUT2D eigenvalue weighted by Crippen LogP contribution is -2.12. The second-order valence-corrected chi connectivity index (χ2v) is 5.20. The second kappa shape index (κ2) is 5.94. The molecule has 0 aliphatic rings. The zero-order valence-electron chi connectivity index (χ0n) is 10.3. The van der Waals surface area contributed by atoms with Crippen LogP contribution in [0.25, 0.3) is 0 Å². The number of rotatable bonds is 5. The maximum Gasteiger partial charge on any atom is 0.0795 e. The van der Waals surface area contributed by atoms with E-state index in [1.54, 1.807) is 11.3 Å². The summed E-state index contributed by atoms with van der Waals surface area (Å²) in [5.74, 6) is 0.604. The zero-order chi connectivity index (χ0) is 12.1. The van der Waals surface area contributed by atoms with Gasteiger partial charge >= 0.3 is 0 Å². The van der Waals surface area contributed by atoms with Crippen molar-refractivity contribution in [2.45, 2.75) is 32.9 Å². The molecule has 0 unspecified atom stereocenters. The van der Waals surface area contributed by atoms with E-state index in [1.807, 2.05) is 5.51 Å². The van der Waals surface area contributed by atoms with Crippen LogP contribution in [-0.4, -0.2) is 4.98 Å². The monoisotopic (exact) mass is 246 g/mol. The molecule has 0 atom stereocenters. The molecule has 90 valence electrons. The first-order valence-electron chi connectivity index (χ1n) is 5.92. The van der Waals surface area contributed by atoms with Gasteiger partial charge in [0.05, 0.1) is 11.2 Å². The number of thiazole rings is 1. The largest absolute Gasteiger partial charge is 0.307 e. The summed E-state index contributed by atoms with van der Waals surface area (Å²) in [4.78, 5) is 4.24. The Hall–Kier alpha value is -1.19. The molecule has 1 aromatic heterocycles. The van der Waals surface area contributed by atoms with Gasteiger partial charge in [-0.1, -0.05) is 38.1 Å². The highest BCUT2D eigenvalue weighted by Crippen LogP contribution is 2.14. The van der Waals surface area contributed by atoms with E-state index >= 15 is 0 Å². The smallest absolute Gasteiger partial charge is 0.0795 e. The predicted molar refractivity (Wildman–Crippen MR) is 73.2 cm³/mol. The van der Waals surface area contributed by atoms with Gasteiger partial charge in [-0.3, -0.25) is 0 Å². The summed E-state index contributed by atoms with van der Waals surface area (Å²) in [6, 6.07) is 8.82. The number of aromatic nitrogens is 1. The molecule has 0 radical (unpaired) electrons. The standard InChI is InChI=1S/C14H18N2S/c1-11(2)13-5-3-12(4-6-13)7-15-8-14-9-17-10-16-14/h3-6,9-11,15H,7-8H2,1-2H3. The summed E-state index contributed by atoms with van der Waals surface area (Å²) in [6.45, 7) is 6.18. The zero-order valence-corrected chi connectivity index (χ0v) is 11.1. The number of nitrogens with one attached hydrogen (secondary N) is 1. The number of benzene rings is 1. The van der Waals surface area contributed by atoms with Gasteiger partial charge in [-0.15, -0.1) is 11.3 Å². The highest BCUT2D eigenvalue weighted by molar-refractivity contribution is 7.07.